The number of allylic oxidation sites excluding steroid dienone is 1. The van der Waals surface area contributed by atoms with E-state index in [4.69, 9.17) is 5.53 Å². The van der Waals surface area contributed by atoms with E-state index in [1.807, 2.05) is 31.2 Å². The number of hydrogen-bond donors (Lipinski definition) is 0. The molecule has 0 aliphatic rings. The third kappa shape index (κ3) is 3.57. The van der Waals surface area contributed by atoms with E-state index in [1.54, 1.807) is 30.3 Å². The highest BCUT2D eigenvalue weighted by Crippen LogP contribution is 2.14. The first-order chi connectivity index (χ1) is 9.69. The summed E-state index contributed by atoms with van der Waals surface area (Å²) in [5, 5.41) is 3.49. The molecular formula is C16H13N3O. The molecule has 0 radical (unpaired) electrons. The van der Waals surface area contributed by atoms with Crippen LogP contribution in [0.4, 0.5) is 5.69 Å². The highest BCUT2D eigenvalue weighted by atomic mass is 16.1. The largest absolute Gasteiger partial charge is 0.289 e. The Morgan fingerprint density at radius 1 is 1.10 bits per heavy atom. The van der Waals surface area contributed by atoms with Crippen molar-refractivity contribution in [3.63, 3.8) is 0 Å². The average Bonchev–Trinajstić information content (AvgIpc) is 2.47. The van der Waals surface area contributed by atoms with Crippen molar-refractivity contribution >= 4 is 17.5 Å². The van der Waals surface area contributed by atoms with Gasteiger partial charge in [0.2, 0.25) is 0 Å². The van der Waals surface area contributed by atoms with Gasteiger partial charge in [-0.3, -0.25) is 4.79 Å². The fourth-order valence-electron chi connectivity index (χ4n) is 1.69. The van der Waals surface area contributed by atoms with E-state index in [-0.39, 0.29) is 5.78 Å². The highest BCUT2D eigenvalue weighted by molar-refractivity contribution is 6.06. The number of rotatable bonds is 4. The van der Waals surface area contributed by atoms with Crippen LogP contribution in [0.1, 0.15) is 21.5 Å². The number of carbonyl (C=O) groups excluding carboxylic acids is 1. The van der Waals surface area contributed by atoms with Crippen molar-refractivity contribution in [1.29, 1.82) is 0 Å². The molecule has 0 bridgehead atoms. The summed E-state index contributed by atoms with van der Waals surface area (Å²) in [5.41, 5.74) is 11.5. The van der Waals surface area contributed by atoms with Crippen LogP contribution in [0, 0.1) is 6.92 Å². The molecule has 0 unspecified atom stereocenters. The van der Waals surface area contributed by atoms with E-state index in [0.29, 0.717) is 11.3 Å². The molecule has 0 spiro atoms. The molecule has 0 atom stereocenters. The molecule has 20 heavy (non-hydrogen) atoms. The first kappa shape index (κ1) is 13.6. The summed E-state index contributed by atoms with van der Waals surface area (Å²) in [7, 11) is 0. The fraction of sp³-hybridized carbons (Fsp3) is 0.0625. The summed E-state index contributed by atoms with van der Waals surface area (Å²) < 4.78 is 0. The quantitative estimate of drug-likeness (QED) is 0.256. The van der Waals surface area contributed by atoms with Gasteiger partial charge in [-0.25, -0.2) is 0 Å². The Bertz CT molecular complexity index is 679. The minimum absolute atomic E-state index is 0.0378. The van der Waals surface area contributed by atoms with Crippen LogP contribution in [0.15, 0.2) is 59.7 Å². The molecular weight excluding hydrogens is 250 g/mol. The van der Waals surface area contributed by atoms with Crippen molar-refractivity contribution in [1.82, 2.24) is 0 Å². The summed E-state index contributed by atoms with van der Waals surface area (Å²) in [4.78, 5) is 14.7. The number of nitrogens with zero attached hydrogens (tertiary/aromatic N) is 3. The van der Waals surface area contributed by atoms with Crippen molar-refractivity contribution < 1.29 is 4.79 Å². The van der Waals surface area contributed by atoms with E-state index >= 15 is 0 Å². The number of aryl methyl sites for hydroxylation is 1. The van der Waals surface area contributed by atoms with Gasteiger partial charge in [0.25, 0.3) is 0 Å². The van der Waals surface area contributed by atoms with Gasteiger partial charge in [0.15, 0.2) is 5.78 Å². The number of ketones is 1. The predicted molar refractivity (Wildman–Crippen MR) is 79.8 cm³/mol. The molecule has 0 saturated heterocycles. The lowest BCUT2D eigenvalue weighted by Gasteiger charge is -1.97. The Kier molecular flexibility index (Phi) is 4.32. The SMILES string of the molecule is Cc1ccc(C(=O)C=Cc2ccc(N=[N+]=[N-])cc2)cc1. The van der Waals surface area contributed by atoms with Gasteiger partial charge in [0, 0.05) is 16.2 Å². The summed E-state index contributed by atoms with van der Waals surface area (Å²) in [5.74, 6) is -0.0378. The van der Waals surface area contributed by atoms with Crippen LogP contribution >= 0.6 is 0 Å². The first-order valence-corrected chi connectivity index (χ1v) is 6.13. The van der Waals surface area contributed by atoms with E-state index in [0.717, 1.165) is 11.1 Å². The van der Waals surface area contributed by atoms with Crippen molar-refractivity contribution in [3.8, 4) is 0 Å². The Hall–Kier alpha value is -2.84. The van der Waals surface area contributed by atoms with Gasteiger partial charge in [0.05, 0.1) is 0 Å². The zero-order valence-electron chi connectivity index (χ0n) is 11.0. The zero-order valence-corrected chi connectivity index (χ0v) is 11.0. The third-order valence-electron chi connectivity index (χ3n) is 2.82. The Morgan fingerprint density at radius 2 is 1.75 bits per heavy atom. The number of carbonyl (C=O) groups is 1. The minimum Gasteiger partial charge on any atom is -0.289 e. The van der Waals surface area contributed by atoms with Crippen LogP contribution in [0.25, 0.3) is 16.5 Å². The Balaban J connectivity index is 2.10. The maximum Gasteiger partial charge on any atom is 0.185 e. The molecule has 4 nitrogen and oxygen atoms in total. The smallest absolute Gasteiger partial charge is 0.185 e. The second-order valence-corrected chi connectivity index (χ2v) is 4.34. The van der Waals surface area contributed by atoms with Crippen LogP contribution in [-0.4, -0.2) is 5.78 Å². The zero-order chi connectivity index (χ0) is 14.4. The van der Waals surface area contributed by atoms with Crippen LogP contribution in [0.2, 0.25) is 0 Å². The average molecular weight is 263 g/mol. The molecule has 0 heterocycles. The molecule has 0 N–H and O–H groups in total. The van der Waals surface area contributed by atoms with Crippen molar-refractivity contribution in [2.75, 3.05) is 0 Å². The van der Waals surface area contributed by atoms with E-state index < -0.39 is 0 Å². The molecule has 0 amide bonds. The highest BCUT2D eigenvalue weighted by Gasteiger charge is 2.00. The second-order valence-electron chi connectivity index (χ2n) is 4.34. The molecule has 0 saturated carbocycles. The fourth-order valence-corrected chi connectivity index (χ4v) is 1.69. The summed E-state index contributed by atoms with van der Waals surface area (Å²) >= 11 is 0. The molecule has 2 aromatic carbocycles. The summed E-state index contributed by atoms with van der Waals surface area (Å²) in [6, 6.07) is 14.4. The molecule has 0 fully saturated rings. The van der Waals surface area contributed by atoms with Crippen molar-refractivity contribution in [2.45, 2.75) is 6.92 Å². The van der Waals surface area contributed by atoms with Gasteiger partial charge in [-0.15, -0.1) is 0 Å². The molecule has 0 aliphatic carbocycles. The van der Waals surface area contributed by atoms with Crippen LogP contribution in [0.3, 0.4) is 0 Å². The number of benzene rings is 2. The van der Waals surface area contributed by atoms with E-state index in [2.05, 4.69) is 10.0 Å². The minimum atomic E-state index is -0.0378. The molecule has 4 heteroatoms. The predicted octanol–water partition coefficient (Wildman–Crippen LogP) is 4.83. The Morgan fingerprint density at radius 3 is 2.35 bits per heavy atom. The van der Waals surface area contributed by atoms with Gasteiger partial charge in [-0.1, -0.05) is 65.3 Å². The van der Waals surface area contributed by atoms with E-state index in [9.17, 15) is 4.79 Å². The molecule has 98 valence electrons. The van der Waals surface area contributed by atoms with Gasteiger partial charge < -0.3 is 0 Å². The summed E-state index contributed by atoms with van der Waals surface area (Å²) in [6.07, 6.45) is 3.27. The lowest BCUT2D eigenvalue weighted by atomic mass is 10.1. The van der Waals surface area contributed by atoms with Crippen LogP contribution in [0.5, 0.6) is 0 Å². The van der Waals surface area contributed by atoms with Gasteiger partial charge in [-0.2, -0.15) is 0 Å². The van der Waals surface area contributed by atoms with Crippen molar-refractivity contribution in [2.24, 2.45) is 5.11 Å². The topological polar surface area (TPSA) is 65.8 Å². The summed E-state index contributed by atoms with van der Waals surface area (Å²) in [6.45, 7) is 1.98. The van der Waals surface area contributed by atoms with Crippen LogP contribution in [-0.2, 0) is 0 Å². The van der Waals surface area contributed by atoms with Crippen LogP contribution < -0.4 is 0 Å². The molecule has 2 aromatic rings. The standard InChI is InChI=1S/C16H13N3O/c1-12-2-7-14(8-3-12)16(20)11-6-13-4-9-15(10-5-13)18-19-17/h2-11H,1H3. The molecule has 2 rings (SSSR count). The number of azide groups is 1. The lowest BCUT2D eigenvalue weighted by Crippen LogP contribution is -1.93. The first-order valence-electron chi connectivity index (χ1n) is 6.13. The molecule has 0 aromatic heterocycles. The normalized spacial score (nSPS) is 10.2. The van der Waals surface area contributed by atoms with Crippen molar-refractivity contribution in [3.05, 3.63) is 81.7 Å². The lowest BCUT2D eigenvalue weighted by molar-refractivity contribution is 0.104. The Labute approximate surface area is 117 Å². The van der Waals surface area contributed by atoms with Gasteiger partial charge >= 0.3 is 0 Å². The van der Waals surface area contributed by atoms with E-state index in [1.165, 1.54) is 6.08 Å². The maximum atomic E-state index is 11.9. The number of hydrogen-bond acceptors (Lipinski definition) is 2. The third-order valence-corrected chi connectivity index (χ3v) is 2.82. The second kappa shape index (κ2) is 6.36. The maximum absolute atomic E-state index is 11.9. The van der Waals surface area contributed by atoms with Gasteiger partial charge in [-0.05, 0) is 24.1 Å². The molecule has 0 aliphatic heterocycles. The van der Waals surface area contributed by atoms with Gasteiger partial charge in [0.1, 0.15) is 0 Å². The monoisotopic (exact) mass is 263 g/mol.